The average molecular weight is 357 g/mol. The van der Waals surface area contributed by atoms with E-state index in [1.807, 2.05) is 44.2 Å². The number of fused-ring (bicyclic) bond motifs is 2. The molecule has 136 valence electrons. The van der Waals surface area contributed by atoms with Gasteiger partial charge >= 0.3 is 5.97 Å². The van der Waals surface area contributed by atoms with Gasteiger partial charge in [0.25, 0.3) is 0 Å². The van der Waals surface area contributed by atoms with Gasteiger partial charge in [0.2, 0.25) is 0 Å². The Bertz CT molecular complexity index is 1060. The summed E-state index contributed by atoms with van der Waals surface area (Å²) in [4.78, 5) is 15.0. The van der Waals surface area contributed by atoms with E-state index in [0.29, 0.717) is 11.3 Å². The van der Waals surface area contributed by atoms with Crippen LogP contribution in [-0.2, 0) is 0 Å². The van der Waals surface area contributed by atoms with Crippen LogP contribution in [0, 0.1) is 34.6 Å². The molecule has 1 aliphatic heterocycles. The smallest absolute Gasteiger partial charge is 0.345 e. The Morgan fingerprint density at radius 2 is 1.30 bits per heavy atom. The molecule has 3 aromatic carbocycles. The first-order valence-electron chi connectivity index (χ1n) is 9.16. The summed E-state index contributed by atoms with van der Waals surface area (Å²) in [6.45, 7) is 10.3. The minimum atomic E-state index is -0.314. The van der Waals surface area contributed by atoms with Crippen LogP contribution in [0.25, 0.3) is 0 Å². The Hall–Kier alpha value is -3.07. The van der Waals surface area contributed by atoms with Crippen LogP contribution in [0.1, 0.15) is 38.2 Å². The highest BCUT2D eigenvalue weighted by Crippen LogP contribution is 2.47. The van der Waals surface area contributed by atoms with Gasteiger partial charge in [-0.3, -0.25) is 0 Å². The first-order valence-corrected chi connectivity index (χ1v) is 9.16. The lowest BCUT2D eigenvalue weighted by atomic mass is 10.0. The van der Waals surface area contributed by atoms with E-state index in [0.717, 1.165) is 28.2 Å². The minimum Gasteiger partial charge on any atom is -0.421 e. The van der Waals surface area contributed by atoms with Crippen molar-refractivity contribution in [3.8, 4) is 5.75 Å². The number of hydrogen-bond acceptors (Lipinski definition) is 3. The van der Waals surface area contributed by atoms with Gasteiger partial charge in [-0.15, -0.1) is 0 Å². The summed E-state index contributed by atoms with van der Waals surface area (Å²) in [5.74, 6) is 0.277. The van der Waals surface area contributed by atoms with Crippen LogP contribution in [0.4, 0.5) is 17.1 Å². The van der Waals surface area contributed by atoms with Crippen molar-refractivity contribution in [2.45, 2.75) is 34.6 Å². The maximum absolute atomic E-state index is 12.9. The summed E-state index contributed by atoms with van der Waals surface area (Å²) in [7, 11) is 0. The average Bonchev–Trinajstić information content (AvgIpc) is 2.69. The van der Waals surface area contributed by atoms with Gasteiger partial charge in [0.1, 0.15) is 0 Å². The molecule has 3 aromatic rings. The lowest BCUT2D eigenvalue weighted by Crippen LogP contribution is -2.14. The van der Waals surface area contributed by atoms with Crippen LogP contribution in [0.3, 0.4) is 0 Å². The summed E-state index contributed by atoms with van der Waals surface area (Å²) >= 11 is 0. The van der Waals surface area contributed by atoms with Crippen LogP contribution in [-0.4, -0.2) is 5.97 Å². The highest BCUT2D eigenvalue weighted by Gasteiger charge is 2.29. The molecule has 0 bridgehead atoms. The second-order valence-corrected chi connectivity index (χ2v) is 7.46. The molecule has 0 aliphatic carbocycles. The van der Waals surface area contributed by atoms with E-state index >= 15 is 0 Å². The van der Waals surface area contributed by atoms with E-state index in [1.54, 1.807) is 0 Å². The summed E-state index contributed by atoms with van der Waals surface area (Å²) < 4.78 is 5.79. The molecule has 0 N–H and O–H groups in total. The van der Waals surface area contributed by atoms with Gasteiger partial charge in [-0.05, 0) is 75.6 Å². The predicted octanol–water partition coefficient (Wildman–Crippen LogP) is 6.23. The number of carbonyl (C=O) groups is 1. The molecule has 3 heteroatoms. The van der Waals surface area contributed by atoms with Gasteiger partial charge < -0.3 is 9.64 Å². The molecule has 4 rings (SSSR count). The fraction of sp³-hybridized carbons (Fsp3) is 0.208. The second kappa shape index (κ2) is 6.27. The van der Waals surface area contributed by atoms with Crippen molar-refractivity contribution in [2.75, 3.05) is 4.90 Å². The van der Waals surface area contributed by atoms with Crippen molar-refractivity contribution in [1.82, 2.24) is 0 Å². The topological polar surface area (TPSA) is 29.5 Å². The molecule has 3 nitrogen and oxygen atoms in total. The van der Waals surface area contributed by atoms with E-state index < -0.39 is 0 Å². The lowest BCUT2D eigenvalue weighted by Gasteiger charge is -2.29. The second-order valence-electron chi connectivity index (χ2n) is 7.46. The van der Waals surface area contributed by atoms with Crippen molar-refractivity contribution >= 4 is 23.0 Å². The molecule has 0 radical (unpaired) electrons. The standard InChI is InChI=1S/C24H23NO2/c1-14-6-8-20-19(12-14)24(26)27-22-13-15(2)7-9-21(22)25(20)23-17(4)10-16(3)11-18(23)5/h6-13H,1-5H3. The fourth-order valence-electron chi connectivity index (χ4n) is 3.95. The lowest BCUT2D eigenvalue weighted by molar-refractivity contribution is 0.0738. The molecule has 0 aromatic heterocycles. The number of aryl methyl sites for hydroxylation is 5. The Morgan fingerprint density at radius 1 is 0.704 bits per heavy atom. The number of rotatable bonds is 1. The zero-order valence-corrected chi connectivity index (χ0v) is 16.4. The SMILES string of the molecule is Cc1cc(C)c(N2c3ccc(C)cc3OC(=O)c3cc(C)ccc32)c(C)c1. The molecule has 0 atom stereocenters. The third-order valence-corrected chi connectivity index (χ3v) is 5.03. The van der Waals surface area contributed by atoms with Crippen LogP contribution in [0.15, 0.2) is 48.5 Å². The van der Waals surface area contributed by atoms with Crippen molar-refractivity contribution < 1.29 is 9.53 Å². The van der Waals surface area contributed by atoms with E-state index in [1.165, 1.54) is 16.7 Å². The van der Waals surface area contributed by atoms with Crippen LogP contribution in [0.5, 0.6) is 5.75 Å². The van der Waals surface area contributed by atoms with E-state index in [9.17, 15) is 4.79 Å². The monoisotopic (exact) mass is 357 g/mol. The summed E-state index contributed by atoms with van der Waals surface area (Å²) in [5, 5.41) is 0. The number of hydrogen-bond donors (Lipinski definition) is 0. The fourth-order valence-corrected chi connectivity index (χ4v) is 3.95. The predicted molar refractivity (Wildman–Crippen MR) is 110 cm³/mol. The van der Waals surface area contributed by atoms with Crippen molar-refractivity contribution in [2.24, 2.45) is 0 Å². The van der Waals surface area contributed by atoms with E-state index in [2.05, 4.69) is 43.9 Å². The highest BCUT2D eigenvalue weighted by molar-refractivity contribution is 6.03. The van der Waals surface area contributed by atoms with E-state index in [4.69, 9.17) is 4.74 Å². The number of nitrogens with zero attached hydrogens (tertiary/aromatic N) is 1. The van der Waals surface area contributed by atoms with Crippen molar-refractivity contribution in [1.29, 1.82) is 0 Å². The first-order chi connectivity index (χ1) is 12.8. The molecular formula is C24H23NO2. The van der Waals surface area contributed by atoms with E-state index in [-0.39, 0.29) is 5.97 Å². The molecule has 0 amide bonds. The maximum Gasteiger partial charge on any atom is 0.345 e. The molecular weight excluding hydrogens is 334 g/mol. The van der Waals surface area contributed by atoms with Crippen LogP contribution >= 0.6 is 0 Å². The Morgan fingerprint density at radius 3 is 1.96 bits per heavy atom. The summed E-state index contributed by atoms with van der Waals surface area (Å²) in [5.41, 5.74) is 9.06. The Kier molecular flexibility index (Phi) is 4.03. The first kappa shape index (κ1) is 17.3. The van der Waals surface area contributed by atoms with Gasteiger partial charge in [0, 0.05) is 0 Å². The molecule has 0 saturated carbocycles. The molecule has 1 heterocycles. The van der Waals surface area contributed by atoms with Crippen molar-refractivity contribution in [3.05, 3.63) is 81.9 Å². The maximum atomic E-state index is 12.9. The minimum absolute atomic E-state index is 0.314. The number of carbonyl (C=O) groups excluding carboxylic acids is 1. The van der Waals surface area contributed by atoms with Crippen molar-refractivity contribution in [3.63, 3.8) is 0 Å². The number of ether oxygens (including phenoxy) is 1. The largest absolute Gasteiger partial charge is 0.421 e. The van der Waals surface area contributed by atoms with Gasteiger partial charge in [-0.25, -0.2) is 4.79 Å². The zero-order valence-electron chi connectivity index (χ0n) is 16.4. The van der Waals surface area contributed by atoms with Crippen LogP contribution < -0.4 is 9.64 Å². The number of benzene rings is 3. The number of anilines is 3. The molecule has 0 spiro atoms. The van der Waals surface area contributed by atoms with Gasteiger partial charge in [-0.1, -0.05) is 35.4 Å². The molecule has 27 heavy (non-hydrogen) atoms. The van der Waals surface area contributed by atoms with Crippen LogP contribution in [0.2, 0.25) is 0 Å². The van der Waals surface area contributed by atoms with Gasteiger partial charge in [0.05, 0.1) is 22.6 Å². The molecule has 0 saturated heterocycles. The summed E-state index contributed by atoms with van der Waals surface area (Å²) in [6.07, 6.45) is 0. The quantitative estimate of drug-likeness (QED) is 0.382. The highest BCUT2D eigenvalue weighted by atomic mass is 16.5. The normalized spacial score (nSPS) is 12.9. The number of esters is 1. The van der Waals surface area contributed by atoms with Gasteiger partial charge in [0.15, 0.2) is 5.75 Å². The third kappa shape index (κ3) is 2.89. The Balaban J connectivity index is 2.09. The zero-order chi connectivity index (χ0) is 19.3. The molecule has 0 fully saturated rings. The summed E-state index contributed by atoms with van der Waals surface area (Å²) in [6, 6.07) is 16.3. The molecule has 0 unspecified atom stereocenters. The third-order valence-electron chi connectivity index (χ3n) is 5.03. The van der Waals surface area contributed by atoms with Gasteiger partial charge in [-0.2, -0.15) is 0 Å². The molecule has 1 aliphatic rings. The Labute approximate surface area is 160 Å².